The molecular weight excluding hydrogens is 392 g/mol. The van der Waals surface area contributed by atoms with Gasteiger partial charge in [-0.15, -0.1) is 0 Å². The molecule has 0 fully saturated rings. The minimum absolute atomic E-state index is 0.128. The molecule has 3 aromatic rings. The van der Waals surface area contributed by atoms with Crippen LogP contribution in [0.25, 0.3) is 5.69 Å². The van der Waals surface area contributed by atoms with Gasteiger partial charge in [0.05, 0.1) is 5.69 Å². The van der Waals surface area contributed by atoms with Gasteiger partial charge < -0.3 is 5.32 Å². The number of hydrogen-bond donors (Lipinski definition) is 2. The van der Waals surface area contributed by atoms with E-state index in [4.69, 9.17) is 0 Å². The molecule has 0 saturated carbocycles. The van der Waals surface area contributed by atoms with Crippen LogP contribution in [0.1, 0.15) is 20.3 Å². The van der Waals surface area contributed by atoms with E-state index in [1.54, 1.807) is 24.3 Å². The topological polar surface area (TPSA) is 106 Å². The Labute approximate surface area is 170 Å². The van der Waals surface area contributed by atoms with Crippen molar-refractivity contribution in [1.82, 2.24) is 14.1 Å². The van der Waals surface area contributed by atoms with Crippen LogP contribution in [0.5, 0.6) is 0 Å². The summed E-state index contributed by atoms with van der Waals surface area (Å²) in [6.45, 7) is 3.53. The zero-order chi connectivity index (χ0) is 21.0. The lowest BCUT2D eigenvalue weighted by molar-refractivity contribution is -0.114. The predicted molar refractivity (Wildman–Crippen MR) is 112 cm³/mol. The Kier molecular flexibility index (Phi) is 6.18. The number of rotatable bonds is 6. The number of aromatic amines is 1. The second kappa shape index (κ2) is 8.78. The molecule has 0 spiro atoms. The van der Waals surface area contributed by atoms with Crippen molar-refractivity contribution in [2.45, 2.75) is 36.6 Å². The predicted octanol–water partition coefficient (Wildman–Crippen LogP) is 2.21. The van der Waals surface area contributed by atoms with Gasteiger partial charge in [-0.1, -0.05) is 18.7 Å². The smallest absolute Gasteiger partial charge is 0.326 e. The van der Waals surface area contributed by atoms with Crippen LogP contribution in [0.4, 0.5) is 5.69 Å². The van der Waals surface area contributed by atoms with Crippen molar-refractivity contribution >= 4 is 23.4 Å². The number of amides is 1. The number of carbonyl (C=O) groups excluding carboxylic acids is 1. The van der Waals surface area contributed by atoms with Crippen LogP contribution < -0.4 is 22.4 Å². The standard InChI is InChI=1S/C20H20N4O4S/c1-3-12-23-18(26)22-19(27)24(20(23)28)15-6-10-17(11-7-15)29-16-8-4-14(5-9-16)21-13(2)25/h4-11H,3,12H2,1-2H3,(H,21,25)(H,22,26,27). The molecule has 29 heavy (non-hydrogen) atoms. The van der Waals surface area contributed by atoms with Gasteiger partial charge in [-0.3, -0.25) is 9.78 Å². The van der Waals surface area contributed by atoms with Gasteiger partial charge >= 0.3 is 17.1 Å². The molecule has 8 nitrogen and oxygen atoms in total. The van der Waals surface area contributed by atoms with E-state index >= 15 is 0 Å². The van der Waals surface area contributed by atoms with E-state index in [0.717, 1.165) is 24.6 Å². The molecule has 1 heterocycles. The summed E-state index contributed by atoms with van der Waals surface area (Å²) in [6.07, 6.45) is 0.595. The fraction of sp³-hybridized carbons (Fsp3) is 0.200. The molecule has 0 radical (unpaired) electrons. The first-order chi connectivity index (χ1) is 13.9. The van der Waals surface area contributed by atoms with Gasteiger partial charge in [0.1, 0.15) is 0 Å². The third kappa shape index (κ3) is 4.75. The summed E-state index contributed by atoms with van der Waals surface area (Å²) < 4.78 is 1.97. The highest BCUT2D eigenvalue weighted by molar-refractivity contribution is 7.99. The van der Waals surface area contributed by atoms with E-state index in [0.29, 0.717) is 12.1 Å². The molecule has 1 amide bonds. The van der Waals surface area contributed by atoms with Gasteiger partial charge in [-0.2, -0.15) is 0 Å². The van der Waals surface area contributed by atoms with Gasteiger partial charge in [-0.25, -0.2) is 23.5 Å². The minimum atomic E-state index is -0.763. The van der Waals surface area contributed by atoms with Crippen LogP contribution in [0.15, 0.2) is 72.7 Å². The molecule has 0 aliphatic heterocycles. The number of nitrogens with one attached hydrogen (secondary N) is 2. The molecular formula is C20H20N4O4S. The average molecular weight is 412 g/mol. The molecule has 2 aromatic carbocycles. The first kappa shape index (κ1) is 20.4. The summed E-state index contributed by atoms with van der Waals surface area (Å²) in [7, 11) is 0. The number of hydrogen-bond acceptors (Lipinski definition) is 5. The number of carbonyl (C=O) groups is 1. The lowest BCUT2D eigenvalue weighted by atomic mass is 10.3. The Balaban J connectivity index is 1.85. The molecule has 9 heteroatoms. The number of benzene rings is 2. The van der Waals surface area contributed by atoms with Gasteiger partial charge in [0.15, 0.2) is 0 Å². The molecule has 2 N–H and O–H groups in total. The minimum Gasteiger partial charge on any atom is -0.326 e. The van der Waals surface area contributed by atoms with E-state index < -0.39 is 17.1 Å². The Morgan fingerprint density at radius 3 is 2.10 bits per heavy atom. The van der Waals surface area contributed by atoms with Crippen molar-refractivity contribution in [2.24, 2.45) is 0 Å². The lowest BCUT2D eigenvalue weighted by Gasteiger charge is -2.09. The van der Waals surface area contributed by atoms with E-state index in [2.05, 4.69) is 10.3 Å². The highest BCUT2D eigenvalue weighted by Gasteiger charge is 2.11. The summed E-state index contributed by atoms with van der Waals surface area (Å²) in [5.41, 5.74) is -1.02. The Bertz CT molecular complexity index is 1190. The first-order valence-corrected chi connectivity index (χ1v) is 9.83. The van der Waals surface area contributed by atoms with Crippen molar-refractivity contribution in [1.29, 1.82) is 0 Å². The quantitative estimate of drug-likeness (QED) is 0.646. The van der Waals surface area contributed by atoms with Crippen molar-refractivity contribution in [3.63, 3.8) is 0 Å². The van der Waals surface area contributed by atoms with Gasteiger partial charge in [0.2, 0.25) is 5.91 Å². The number of anilines is 1. The highest BCUT2D eigenvalue weighted by Crippen LogP contribution is 2.29. The summed E-state index contributed by atoms with van der Waals surface area (Å²) in [6, 6.07) is 14.3. The van der Waals surface area contributed by atoms with Crippen LogP contribution in [0, 0.1) is 0 Å². The molecule has 0 atom stereocenters. The van der Waals surface area contributed by atoms with Crippen LogP contribution in [0.3, 0.4) is 0 Å². The maximum Gasteiger partial charge on any atom is 0.340 e. The first-order valence-electron chi connectivity index (χ1n) is 9.01. The molecule has 0 bridgehead atoms. The second-order valence-electron chi connectivity index (χ2n) is 6.31. The fourth-order valence-electron chi connectivity index (χ4n) is 2.77. The van der Waals surface area contributed by atoms with Crippen molar-refractivity contribution < 1.29 is 4.79 Å². The lowest BCUT2D eigenvalue weighted by Crippen LogP contribution is -2.48. The maximum absolute atomic E-state index is 12.6. The molecule has 0 aliphatic carbocycles. The van der Waals surface area contributed by atoms with Crippen LogP contribution in [-0.4, -0.2) is 20.0 Å². The molecule has 150 valence electrons. The normalized spacial score (nSPS) is 10.7. The van der Waals surface area contributed by atoms with E-state index in [9.17, 15) is 19.2 Å². The van der Waals surface area contributed by atoms with Crippen LogP contribution in [-0.2, 0) is 11.3 Å². The van der Waals surface area contributed by atoms with E-state index in [1.165, 1.54) is 18.7 Å². The third-order valence-corrected chi connectivity index (χ3v) is 5.05. The second-order valence-corrected chi connectivity index (χ2v) is 7.45. The summed E-state index contributed by atoms with van der Waals surface area (Å²) in [5, 5.41) is 2.71. The van der Waals surface area contributed by atoms with Gasteiger partial charge in [-0.05, 0) is 55.0 Å². The molecule has 0 aliphatic rings. The Hall–Kier alpha value is -3.33. The average Bonchev–Trinajstić information content (AvgIpc) is 2.67. The monoisotopic (exact) mass is 412 g/mol. The van der Waals surface area contributed by atoms with Crippen molar-refractivity contribution in [3.8, 4) is 5.69 Å². The summed E-state index contributed by atoms with van der Waals surface area (Å²) in [4.78, 5) is 51.7. The SMILES string of the molecule is CCCn1c(=O)[nH]c(=O)n(-c2ccc(Sc3ccc(NC(C)=O)cc3)cc2)c1=O. The largest absolute Gasteiger partial charge is 0.340 e. The van der Waals surface area contributed by atoms with Crippen molar-refractivity contribution in [2.75, 3.05) is 5.32 Å². The number of nitrogens with zero attached hydrogens (tertiary/aromatic N) is 2. The zero-order valence-electron chi connectivity index (χ0n) is 16.0. The summed E-state index contributed by atoms with van der Waals surface area (Å²) in [5.74, 6) is -0.128. The van der Waals surface area contributed by atoms with Crippen LogP contribution in [0.2, 0.25) is 0 Å². The fourth-order valence-corrected chi connectivity index (χ4v) is 3.58. The zero-order valence-corrected chi connectivity index (χ0v) is 16.8. The van der Waals surface area contributed by atoms with E-state index in [1.807, 2.05) is 31.2 Å². The highest BCUT2D eigenvalue weighted by atomic mass is 32.2. The Morgan fingerprint density at radius 1 is 0.966 bits per heavy atom. The molecule has 0 saturated heterocycles. The summed E-state index contributed by atoms with van der Waals surface area (Å²) >= 11 is 1.50. The number of H-pyrrole nitrogens is 1. The third-order valence-electron chi connectivity index (χ3n) is 4.04. The maximum atomic E-state index is 12.6. The van der Waals surface area contributed by atoms with Crippen molar-refractivity contribution in [3.05, 3.63) is 80.0 Å². The number of aromatic nitrogens is 3. The Morgan fingerprint density at radius 2 is 1.55 bits per heavy atom. The van der Waals surface area contributed by atoms with E-state index in [-0.39, 0.29) is 12.5 Å². The van der Waals surface area contributed by atoms with Gasteiger partial charge in [0.25, 0.3) is 0 Å². The van der Waals surface area contributed by atoms with Crippen LogP contribution >= 0.6 is 11.8 Å². The molecule has 0 unspecified atom stereocenters. The van der Waals surface area contributed by atoms with Gasteiger partial charge in [0, 0.05) is 28.9 Å². The molecule has 3 rings (SSSR count). The molecule has 1 aromatic heterocycles.